The van der Waals surface area contributed by atoms with Gasteiger partial charge in [0, 0.05) is 49.9 Å². The highest BCUT2D eigenvalue weighted by molar-refractivity contribution is 6.04. The average Bonchev–Trinajstić information content (AvgIpc) is 2.80. The molecule has 1 aliphatic heterocycles. The second-order valence-corrected chi connectivity index (χ2v) is 7.00. The van der Waals surface area contributed by atoms with Crippen LogP contribution in [0, 0.1) is 5.82 Å². The molecule has 4 rings (SSSR count). The minimum absolute atomic E-state index is 0.111. The van der Waals surface area contributed by atoms with E-state index < -0.39 is 5.82 Å². The smallest absolute Gasteiger partial charge is 0.257 e. The van der Waals surface area contributed by atoms with Gasteiger partial charge in [-0.3, -0.25) is 14.6 Å². The second kappa shape index (κ2) is 8.73. The molecule has 0 radical (unpaired) electrons. The van der Waals surface area contributed by atoms with Crippen LogP contribution in [0.2, 0.25) is 0 Å². The van der Waals surface area contributed by atoms with E-state index in [1.54, 1.807) is 35.4 Å². The van der Waals surface area contributed by atoms with E-state index in [1.165, 1.54) is 18.3 Å². The Morgan fingerprint density at radius 1 is 0.900 bits per heavy atom. The Morgan fingerprint density at radius 3 is 2.30 bits per heavy atom. The van der Waals surface area contributed by atoms with E-state index >= 15 is 0 Å². The monoisotopic (exact) mass is 404 g/mol. The summed E-state index contributed by atoms with van der Waals surface area (Å²) < 4.78 is 13.9. The number of carbonyl (C=O) groups is 2. The van der Waals surface area contributed by atoms with Crippen molar-refractivity contribution in [1.29, 1.82) is 0 Å². The summed E-state index contributed by atoms with van der Waals surface area (Å²) in [6.07, 6.45) is 3.14. The van der Waals surface area contributed by atoms with E-state index in [9.17, 15) is 14.0 Å². The molecule has 7 heteroatoms. The van der Waals surface area contributed by atoms with E-state index in [2.05, 4.69) is 15.2 Å². The van der Waals surface area contributed by atoms with Crippen LogP contribution in [0.3, 0.4) is 0 Å². The quantitative estimate of drug-likeness (QED) is 0.724. The van der Waals surface area contributed by atoms with Gasteiger partial charge < -0.3 is 15.1 Å². The topological polar surface area (TPSA) is 65.5 Å². The number of rotatable bonds is 4. The molecule has 0 saturated carbocycles. The molecule has 1 aliphatic rings. The molecule has 1 saturated heterocycles. The number of anilines is 2. The predicted octanol–water partition coefficient (Wildman–Crippen LogP) is 3.44. The van der Waals surface area contributed by atoms with Crippen LogP contribution in [0.1, 0.15) is 20.7 Å². The molecule has 0 aliphatic carbocycles. The first-order valence-corrected chi connectivity index (χ1v) is 9.72. The fourth-order valence-corrected chi connectivity index (χ4v) is 3.43. The summed E-state index contributed by atoms with van der Waals surface area (Å²) >= 11 is 0. The maximum atomic E-state index is 13.9. The standard InChI is InChI=1S/C23H21FN4O2/c24-21-6-2-1-5-20(21)23(30)28-14-12-27(13-15-28)19-9-7-18(8-10-19)26-22(29)17-4-3-11-25-16-17/h1-11,16H,12-15H2,(H,26,29). The maximum absolute atomic E-state index is 13.9. The number of nitrogens with zero attached hydrogens (tertiary/aromatic N) is 3. The molecule has 30 heavy (non-hydrogen) atoms. The fraction of sp³-hybridized carbons (Fsp3) is 0.174. The lowest BCUT2D eigenvalue weighted by molar-refractivity contribution is 0.0742. The van der Waals surface area contributed by atoms with Crippen LogP contribution in [-0.2, 0) is 0 Å². The Balaban J connectivity index is 1.34. The van der Waals surface area contributed by atoms with Gasteiger partial charge in [0.15, 0.2) is 0 Å². The van der Waals surface area contributed by atoms with Crippen molar-refractivity contribution in [3.8, 4) is 0 Å². The summed E-state index contributed by atoms with van der Waals surface area (Å²) in [6, 6.07) is 17.1. The predicted molar refractivity (Wildman–Crippen MR) is 113 cm³/mol. The van der Waals surface area contributed by atoms with Gasteiger partial charge in [-0.1, -0.05) is 12.1 Å². The molecule has 0 atom stereocenters. The first-order valence-electron chi connectivity index (χ1n) is 9.72. The zero-order valence-corrected chi connectivity index (χ0v) is 16.3. The Bertz CT molecular complexity index is 1030. The summed E-state index contributed by atoms with van der Waals surface area (Å²) in [7, 11) is 0. The van der Waals surface area contributed by atoms with Gasteiger partial charge in [-0.2, -0.15) is 0 Å². The van der Waals surface area contributed by atoms with Crippen LogP contribution in [0.5, 0.6) is 0 Å². The third-order valence-corrected chi connectivity index (χ3v) is 5.09. The summed E-state index contributed by atoms with van der Waals surface area (Å²) in [5.74, 6) is -0.980. The molecule has 2 aromatic carbocycles. The molecule has 0 unspecified atom stereocenters. The number of aromatic nitrogens is 1. The van der Waals surface area contributed by atoms with Gasteiger partial charge in [0.2, 0.25) is 0 Å². The van der Waals surface area contributed by atoms with Gasteiger partial charge in [0.05, 0.1) is 11.1 Å². The third kappa shape index (κ3) is 4.30. The van der Waals surface area contributed by atoms with Crippen molar-refractivity contribution in [3.05, 3.63) is 90.0 Å². The van der Waals surface area contributed by atoms with Crippen molar-refractivity contribution in [2.45, 2.75) is 0 Å². The lowest BCUT2D eigenvalue weighted by atomic mass is 10.1. The normalized spacial score (nSPS) is 13.8. The summed E-state index contributed by atoms with van der Waals surface area (Å²) in [5.41, 5.74) is 2.31. The number of piperazine rings is 1. The number of nitrogens with one attached hydrogen (secondary N) is 1. The average molecular weight is 404 g/mol. The van der Waals surface area contributed by atoms with E-state index in [-0.39, 0.29) is 17.4 Å². The zero-order chi connectivity index (χ0) is 20.9. The van der Waals surface area contributed by atoms with Crippen molar-refractivity contribution < 1.29 is 14.0 Å². The number of amides is 2. The van der Waals surface area contributed by atoms with Gasteiger partial charge in [0.1, 0.15) is 5.82 Å². The molecule has 152 valence electrons. The Labute approximate surface area is 174 Å². The number of hydrogen-bond donors (Lipinski definition) is 1. The molecule has 1 fully saturated rings. The molecule has 6 nitrogen and oxygen atoms in total. The molecular weight excluding hydrogens is 383 g/mol. The molecule has 0 bridgehead atoms. The fourth-order valence-electron chi connectivity index (χ4n) is 3.43. The second-order valence-electron chi connectivity index (χ2n) is 7.00. The Kier molecular flexibility index (Phi) is 5.70. The van der Waals surface area contributed by atoms with Crippen LogP contribution >= 0.6 is 0 Å². The van der Waals surface area contributed by atoms with Crippen LogP contribution < -0.4 is 10.2 Å². The van der Waals surface area contributed by atoms with Crippen LogP contribution in [-0.4, -0.2) is 47.9 Å². The Hall–Kier alpha value is -3.74. The number of pyridine rings is 1. The van der Waals surface area contributed by atoms with Crippen molar-refractivity contribution in [2.24, 2.45) is 0 Å². The molecule has 0 spiro atoms. The van der Waals surface area contributed by atoms with Crippen molar-refractivity contribution in [2.75, 3.05) is 36.4 Å². The molecule has 1 N–H and O–H groups in total. The molecule has 3 aromatic rings. The van der Waals surface area contributed by atoms with Gasteiger partial charge >= 0.3 is 0 Å². The minimum Gasteiger partial charge on any atom is -0.368 e. The van der Waals surface area contributed by atoms with Crippen LogP contribution in [0.15, 0.2) is 73.1 Å². The van der Waals surface area contributed by atoms with E-state index in [0.29, 0.717) is 37.4 Å². The van der Waals surface area contributed by atoms with E-state index in [4.69, 9.17) is 0 Å². The van der Waals surface area contributed by atoms with Gasteiger partial charge in [-0.05, 0) is 48.5 Å². The SMILES string of the molecule is O=C(Nc1ccc(N2CCN(C(=O)c3ccccc3F)CC2)cc1)c1cccnc1. The molecule has 1 aromatic heterocycles. The van der Waals surface area contributed by atoms with Crippen LogP contribution in [0.4, 0.5) is 15.8 Å². The summed E-state index contributed by atoms with van der Waals surface area (Å²) in [5, 5.41) is 2.85. The lowest BCUT2D eigenvalue weighted by Crippen LogP contribution is -2.49. The van der Waals surface area contributed by atoms with Crippen molar-refractivity contribution in [3.63, 3.8) is 0 Å². The third-order valence-electron chi connectivity index (χ3n) is 5.09. The lowest BCUT2D eigenvalue weighted by Gasteiger charge is -2.36. The van der Waals surface area contributed by atoms with Gasteiger partial charge in [0.25, 0.3) is 11.8 Å². The first-order chi connectivity index (χ1) is 14.6. The highest BCUT2D eigenvalue weighted by atomic mass is 19.1. The largest absolute Gasteiger partial charge is 0.368 e. The number of carbonyl (C=O) groups excluding carboxylic acids is 2. The number of hydrogen-bond acceptors (Lipinski definition) is 4. The molecule has 2 amide bonds. The van der Waals surface area contributed by atoms with Crippen molar-refractivity contribution >= 4 is 23.2 Å². The number of benzene rings is 2. The highest BCUT2D eigenvalue weighted by Gasteiger charge is 2.24. The van der Waals surface area contributed by atoms with E-state index in [0.717, 1.165) is 5.69 Å². The molecule has 2 heterocycles. The summed E-state index contributed by atoms with van der Waals surface area (Å²) in [4.78, 5) is 32.6. The molecular formula is C23H21FN4O2. The van der Waals surface area contributed by atoms with Crippen LogP contribution in [0.25, 0.3) is 0 Å². The zero-order valence-electron chi connectivity index (χ0n) is 16.3. The first kappa shape index (κ1) is 19.6. The maximum Gasteiger partial charge on any atom is 0.257 e. The minimum atomic E-state index is -0.492. The highest BCUT2D eigenvalue weighted by Crippen LogP contribution is 2.21. The number of halogens is 1. The summed E-state index contributed by atoms with van der Waals surface area (Å²) in [6.45, 7) is 2.35. The Morgan fingerprint density at radius 2 is 1.63 bits per heavy atom. The van der Waals surface area contributed by atoms with E-state index in [1.807, 2.05) is 24.3 Å². The van der Waals surface area contributed by atoms with Gasteiger partial charge in [-0.15, -0.1) is 0 Å². The van der Waals surface area contributed by atoms with Gasteiger partial charge in [-0.25, -0.2) is 4.39 Å². The van der Waals surface area contributed by atoms with Crippen molar-refractivity contribution in [1.82, 2.24) is 9.88 Å².